The number of aromatic nitrogens is 2. The van der Waals surface area contributed by atoms with Crippen LogP contribution in [0.1, 0.15) is 48.9 Å². The highest BCUT2D eigenvalue weighted by Crippen LogP contribution is 2.31. The Hall–Kier alpha value is -1.26. The van der Waals surface area contributed by atoms with Crippen molar-refractivity contribution in [2.24, 2.45) is 0 Å². The van der Waals surface area contributed by atoms with Crippen molar-refractivity contribution >= 4 is 11.3 Å². The highest BCUT2D eigenvalue weighted by atomic mass is 32.1. The van der Waals surface area contributed by atoms with Crippen molar-refractivity contribution in [2.75, 3.05) is 0 Å². The molecule has 1 saturated carbocycles. The molecule has 3 rings (SSSR count). The summed E-state index contributed by atoms with van der Waals surface area (Å²) in [5.41, 5.74) is 3.26. The van der Waals surface area contributed by atoms with Crippen molar-refractivity contribution in [1.82, 2.24) is 15.3 Å². The molecule has 0 aliphatic heterocycles. The van der Waals surface area contributed by atoms with Gasteiger partial charge in [0.1, 0.15) is 5.01 Å². The van der Waals surface area contributed by atoms with E-state index >= 15 is 0 Å². The van der Waals surface area contributed by atoms with E-state index in [-0.39, 0.29) is 0 Å². The van der Waals surface area contributed by atoms with E-state index in [1.165, 1.54) is 23.4 Å². The maximum atomic E-state index is 4.84. The van der Waals surface area contributed by atoms with Gasteiger partial charge in [0.05, 0.1) is 11.4 Å². The fourth-order valence-corrected chi connectivity index (χ4v) is 3.37. The summed E-state index contributed by atoms with van der Waals surface area (Å²) in [5, 5.41) is 4.64. The lowest BCUT2D eigenvalue weighted by Gasteiger charge is -2.05. The van der Waals surface area contributed by atoms with Crippen LogP contribution in [0, 0.1) is 6.92 Å². The van der Waals surface area contributed by atoms with E-state index in [4.69, 9.17) is 4.98 Å². The quantitative estimate of drug-likeness (QED) is 0.906. The number of thiazole rings is 1. The lowest BCUT2D eigenvalue weighted by molar-refractivity contribution is 0.681. The van der Waals surface area contributed by atoms with Gasteiger partial charge in [0, 0.05) is 23.2 Å². The first-order chi connectivity index (χ1) is 9.63. The van der Waals surface area contributed by atoms with Gasteiger partial charge in [-0.25, -0.2) is 4.98 Å². The lowest BCUT2D eigenvalue weighted by atomic mass is 10.1. The molecule has 0 aromatic carbocycles. The minimum absolute atomic E-state index is 0.459. The third-order valence-electron chi connectivity index (χ3n) is 3.51. The molecule has 20 heavy (non-hydrogen) atoms. The summed E-state index contributed by atoms with van der Waals surface area (Å²) in [4.78, 5) is 10.8. The largest absolute Gasteiger partial charge is 0.309 e. The van der Waals surface area contributed by atoms with E-state index in [0.29, 0.717) is 5.92 Å². The maximum Gasteiger partial charge on any atom is 0.142 e. The van der Waals surface area contributed by atoms with Crippen LogP contribution in [0.5, 0.6) is 0 Å². The van der Waals surface area contributed by atoms with Gasteiger partial charge in [-0.3, -0.25) is 4.98 Å². The molecule has 4 heteroatoms. The average Bonchev–Trinajstić information content (AvgIpc) is 3.14. The Kier molecular flexibility index (Phi) is 3.85. The molecule has 0 amide bonds. The first kappa shape index (κ1) is 13.7. The highest BCUT2D eigenvalue weighted by Gasteiger charge is 2.22. The zero-order valence-electron chi connectivity index (χ0n) is 12.3. The molecular formula is C16H21N3S. The summed E-state index contributed by atoms with van der Waals surface area (Å²) < 4.78 is 0. The summed E-state index contributed by atoms with van der Waals surface area (Å²) in [6.45, 7) is 7.39. The first-order valence-electron chi connectivity index (χ1n) is 7.30. The third-order valence-corrected chi connectivity index (χ3v) is 4.60. The summed E-state index contributed by atoms with van der Waals surface area (Å²) in [6.07, 6.45) is 2.64. The Morgan fingerprint density at radius 3 is 2.75 bits per heavy atom. The van der Waals surface area contributed by atoms with Crippen LogP contribution in [0.4, 0.5) is 0 Å². The molecule has 1 N–H and O–H groups in total. The number of rotatable bonds is 5. The van der Waals surface area contributed by atoms with Gasteiger partial charge in [0.25, 0.3) is 0 Å². The molecule has 1 fully saturated rings. The molecule has 0 atom stereocenters. The molecule has 0 bridgehead atoms. The summed E-state index contributed by atoms with van der Waals surface area (Å²) in [6, 6.07) is 6.86. The molecule has 2 aromatic rings. The molecule has 2 aromatic heterocycles. The molecule has 2 heterocycles. The third kappa shape index (κ3) is 3.07. The van der Waals surface area contributed by atoms with Crippen LogP contribution in [-0.4, -0.2) is 16.0 Å². The molecule has 106 valence electrons. The first-order valence-corrected chi connectivity index (χ1v) is 8.12. The Morgan fingerprint density at radius 2 is 2.10 bits per heavy atom. The van der Waals surface area contributed by atoms with Gasteiger partial charge in [-0.15, -0.1) is 11.3 Å². The van der Waals surface area contributed by atoms with E-state index in [1.807, 2.05) is 19.1 Å². The van der Waals surface area contributed by atoms with Crippen molar-refractivity contribution in [3.63, 3.8) is 0 Å². The van der Waals surface area contributed by atoms with E-state index < -0.39 is 0 Å². The van der Waals surface area contributed by atoms with Crippen LogP contribution in [0.3, 0.4) is 0 Å². The Bertz CT molecular complexity index is 600. The van der Waals surface area contributed by atoms with Crippen molar-refractivity contribution in [3.8, 4) is 10.7 Å². The molecule has 0 spiro atoms. The van der Waals surface area contributed by atoms with E-state index in [2.05, 4.69) is 30.2 Å². The highest BCUT2D eigenvalue weighted by molar-refractivity contribution is 7.15. The molecule has 0 radical (unpaired) electrons. The number of hydrogen-bond acceptors (Lipinski definition) is 4. The molecule has 0 unspecified atom stereocenters. The van der Waals surface area contributed by atoms with Crippen molar-refractivity contribution in [2.45, 2.75) is 52.1 Å². The fourth-order valence-electron chi connectivity index (χ4n) is 2.24. The second-order valence-corrected chi connectivity index (χ2v) is 6.89. The maximum absolute atomic E-state index is 4.84. The van der Waals surface area contributed by atoms with E-state index in [0.717, 1.165) is 29.0 Å². The summed E-state index contributed by atoms with van der Waals surface area (Å²) >= 11 is 1.78. The molecule has 3 nitrogen and oxygen atoms in total. The van der Waals surface area contributed by atoms with E-state index in [1.54, 1.807) is 11.3 Å². The van der Waals surface area contributed by atoms with Gasteiger partial charge in [-0.2, -0.15) is 0 Å². The second kappa shape index (κ2) is 5.62. The minimum Gasteiger partial charge on any atom is -0.309 e. The Labute approximate surface area is 124 Å². The van der Waals surface area contributed by atoms with Crippen LogP contribution in [0.25, 0.3) is 10.7 Å². The predicted molar refractivity (Wildman–Crippen MR) is 84.0 cm³/mol. The fraction of sp³-hybridized carbons (Fsp3) is 0.500. The molecular weight excluding hydrogens is 266 g/mol. The van der Waals surface area contributed by atoms with Crippen LogP contribution in [-0.2, 0) is 6.54 Å². The van der Waals surface area contributed by atoms with Crippen LogP contribution >= 0.6 is 11.3 Å². The van der Waals surface area contributed by atoms with Crippen molar-refractivity contribution in [1.29, 1.82) is 0 Å². The van der Waals surface area contributed by atoms with Gasteiger partial charge in [-0.1, -0.05) is 19.9 Å². The topological polar surface area (TPSA) is 37.8 Å². The predicted octanol–water partition coefficient (Wildman–Crippen LogP) is 3.89. The Morgan fingerprint density at radius 1 is 1.30 bits per heavy atom. The molecule has 0 saturated heterocycles. The Balaban J connectivity index is 1.89. The van der Waals surface area contributed by atoms with Crippen LogP contribution in [0.15, 0.2) is 18.2 Å². The molecule has 1 aliphatic carbocycles. The smallest absolute Gasteiger partial charge is 0.142 e. The number of aryl methyl sites for hydroxylation is 1. The van der Waals surface area contributed by atoms with Gasteiger partial charge < -0.3 is 5.32 Å². The molecule has 1 aliphatic rings. The zero-order valence-corrected chi connectivity index (χ0v) is 13.1. The van der Waals surface area contributed by atoms with Crippen LogP contribution < -0.4 is 5.32 Å². The second-order valence-electron chi connectivity index (χ2n) is 5.80. The monoisotopic (exact) mass is 287 g/mol. The van der Waals surface area contributed by atoms with Crippen LogP contribution in [0.2, 0.25) is 0 Å². The van der Waals surface area contributed by atoms with Crippen molar-refractivity contribution < 1.29 is 0 Å². The normalized spacial score (nSPS) is 15.0. The number of nitrogens with one attached hydrogen (secondary N) is 1. The van der Waals surface area contributed by atoms with Gasteiger partial charge in [0.15, 0.2) is 0 Å². The lowest BCUT2D eigenvalue weighted by Crippen LogP contribution is -2.15. The van der Waals surface area contributed by atoms with Crippen molar-refractivity contribution in [3.05, 3.63) is 34.5 Å². The number of pyridine rings is 1. The van der Waals surface area contributed by atoms with Gasteiger partial charge in [0.2, 0.25) is 0 Å². The number of hydrogen-bond donors (Lipinski definition) is 1. The summed E-state index contributed by atoms with van der Waals surface area (Å²) in [5.74, 6) is 0.459. The number of nitrogens with zero attached hydrogens (tertiary/aromatic N) is 2. The zero-order chi connectivity index (χ0) is 14.1. The van der Waals surface area contributed by atoms with Gasteiger partial charge >= 0.3 is 0 Å². The van der Waals surface area contributed by atoms with E-state index in [9.17, 15) is 0 Å². The minimum atomic E-state index is 0.459. The SMILES string of the molecule is Cc1cccc(-c2nc(C(C)C)c(CNC3CC3)s2)n1. The average molecular weight is 287 g/mol. The summed E-state index contributed by atoms with van der Waals surface area (Å²) in [7, 11) is 0. The van der Waals surface area contributed by atoms with Gasteiger partial charge in [-0.05, 0) is 37.8 Å². The standard InChI is InChI=1S/C16H21N3S/c1-10(2)15-14(9-17-12-7-8-12)20-16(19-15)13-6-4-5-11(3)18-13/h4-6,10,12,17H,7-9H2,1-3H3.